The third-order valence-corrected chi connectivity index (χ3v) is 3.76. The van der Waals surface area contributed by atoms with E-state index in [9.17, 15) is 0 Å². The fourth-order valence-corrected chi connectivity index (χ4v) is 2.60. The molecule has 128 valence electrons. The standard InChI is InChI=1S/C14H23.C5H5.2CH3.Pt/c1-4-13(5-2)14-11-9-7-6-8-10-12(14)3;1-2-4-5-3-1;;;/h6-7H,4-5,8-11H2,1-3H3;1-5H;2*1H3;/q4*-1;+4. The molecule has 1 aromatic rings. The SMILES string of the molecule is CC[C-](CC)C1=C(C)CCC=CCC1.[CH3-].[CH3-].[Pt+4].c1cc[cH-]c1. The first-order chi connectivity index (χ1) is 9.29. The van der Waals surface area contributed by atoms with Gasteiger partial charge in [0.05, 0.1) is 0 Å². The summed E-state index contributed by atoms with van der Waals surface area (Å²) in [5.41, 5.74) is 3.31. The predicted molar refractivity (Wildman–Crippen MR) is 99.0 cm³/mol. The number of allylic oxidation sites excluding steroid dienone is 4. The van der Waals surface area contributed by atoms with Crippen LogP contribution in [0.5, 0.6) is 0 Å². The Labute approximate surface area is 154 Å². The molecule has 0 radical (unpaired) electrons. The van der Waals surface area contributed by atoms with Crippen molar-refractivity contribution < 1.29 is 21.1 Å². The minimum absolute atomic E-state index is 0. The van der Waals surface area contributed by atoms with Gasteiger partial charge in [0.15, 0.2) is 0 Å². The van der Waals surface area contributed by atoms with Crippen molar-refractivity contribution in [1.82, 2.24) is 0 Å². The van der Waals surface area contributed by atoms with E-state index >= 15 is 0 Å². The summed E-state index contributed by atoms with van der Waals surface area (Å²) >= 11 is 0. The van der Waals surface area contributed by atoms with E-state index in [1.54, 1.807) is 17.1 Å². The second-order valence-corrected chi connectivity index (χ2v) is 5.08. The summed E-state index contributed by atoms with van der Waals surface area (Å²) < 4.78 is 0. The van der Waals surface area contributed by atoms with Crippen LogP contribution in [0.3, 0.4) is 0 Å². The Balaban J connectivity index is -0.000000388. The van der Waals surface area contributed by atoms with E-state index in [1.165, 1.54) is 38.5 Å². The molecular formula is C21H34Pt. The smallest absolute Gasteiger partial charge is 0.358 e. The van der Waals surface area contributed by atoms with Gasteiger partial charge in [0.25, 0.3) is 0 Å². The molecule has 0 aliphatic heterocycles. The van der Waals surface area contributed by atoms with E-state index in [0.717, 1.165) is 0 Å². The molecule has 0 heterocycles. The van der Waals surface area contributed by atoms with E-state index in [1.807, 2.05) is 30.3 Å². The molecule has 0 spiro atoms. The zero-order valence-electron chi connectivity index (χ0n) is 15.1. The number of rotatable bonds is 3. The zero-order chi connectivity index (χ0) is 13.9. The maximum atomic E-state index is 2.34. The Kier molecular flexibility index (Phi) is 20.0. The fourth-order valence-electron chi connectivity index (χ4n) is 2.60. The van der Waals surface area contributed by atoms with Crippen molar-refractivity contribution in [3.05, 3.63) is 74.4 Å². The van der Waals surface area contributed by atoms with Gasteiger partial charge in [0.2, 0.25) is 0 Å². The van der Waals surface area contributed by atoms with Gasteiger partial charge in [-0.2, -0.15) is 18.2 Å². The maximum absolute atomic E-state index is 2.34. The molecule has 0 unspecified atom stereocenters. The molecule has 22 heavy (non-hydrogen) atoms. The van der Waals surface area contributed by atoms with Crippen LogP contribution in [0.4, 0.5) is 0 Å². The van der Waals surface area contributed by atoms with Gasteiger partial charge in [0.1, 0.15) is 0 Å². The topological polar surface area (TPSA) is 0 Å². The molecule has 1 aliphatic carbocycles. The Hall–Kier alpha value is -0.612. The van der Waals surface area contributed by atoms with Crippen LogP contribution in [0.2, 0.25) is 0 Å². The molecular weight excluding hydrogens is 447 g/mol. The van der Waals surface area contributed by atoms with E-state index in [2.05, 4.69) is 32.9 Å². The van der Waals surface area contributed by atoms with E-state index in [0.29, 0.717) is 0 Å². The van der Waals surface area contributed by atoms with Crippen molar-refractivity contribution in [1.29, 1.82) is 0 Å². The second kappa shape index (κ2) is 16.8. The van der Waals surface area contributed by atoms with Gasteiger partial charge < -0.3 is 14.9 Å². The molecule has 0 atom stereocenters. The van der Waals surface area contributed by atoms with Crippen molar-refractivity contribution >= 4 is 0 Å². The van der Waals surface area contributed by atoms with Crippen LogP contribution >= 0.6 is 0 Å². The van der Waals surface area contributed by atoms with E-state index < -0.39 is 0 Å². The summed E-state index contributed by atoms with van der Waals surface area (Å²) in [4.78, 5) is 0. The van der Waals surface area contributed by atoms with Crippen LogP contribution in [-0.2, 0) is 21.1 Å². The molecule has 0 bridgehead atoms. The molecule has 0 saturated heterocycles. The summed E-state index contributed by atoms with van der Waals surface area (Å²) in [7, 11) is 0. The van der Waals surface area contributed by atoms with Crippen LogP contribution in [-0.4, -0.2) is 0 Å². The molecule has 1 aliphatic rings. The average molecular weight is 482 g/mol. The molecule has 1 heteroatoms. The van der Waals surface area contributed by atoms with E-state index in [4.69, 9.17) is 0 Å². The fraction of sp³-hybridized carbons (Fsp3) is 0.429. The molecule has 0 aromatic heterocycles. The quantitative estimate of drug-likeness (QED) is 0.318. The normalized spacial score (nSPS) is 13.2. The first-order valence-electron chi connectivity index (χ1n) is 7.64. The second-order valence-electron chi connectivity index (χ2n) is 5.08. The third kappa shape index (κ3) is 10.2. The average Bonchev–Trinajstić information content (AvgIpc) is 2.98. The van der Waals surface area contributed by atoms with Gasteiger partial charge in [-0.3, -0.25) is 0 Å². The van der Waals surface area contributed by atoms with E-state index in [-0.39, 0.29) is 35.9 Å². The molecule has 0 saturated carbocycles. The first-order valence-corrected chi connectivity index (χ1v) is 7.64. The van der Waals surface area contributed by atoms with Gasteiger partial charge in [-0.1, -0.05) is 38.8 Å². The monoisotopic (exact) mass is 481 g/mol. The zero-order valence-corrected chi connectivity index (χ0v) is 17.4. The van der Waals surface area contributed by atoms with Crippen molar-refractivity contribution in [3.63, 3.8) is 0 Å². The Morgan fingerprint density at radius 3 is 1.86 bits per heavy atom. The van der Waals surface area contributed by atoms with Crippen molar-refractivity contribution in [2.45, 2.75) is 59.3 Å². The first kappa shape index (κ1) is 26.3. The van der Waals surface area contributed by atoms with Gasteiger partial charge in [-0.25, -0.2) is 29.2 Å². The molecule has 0 N–H and O–H groups in total. The van der Waals surface area contributed by atoms with Crippen LogP contribution < -0.4 is 0 Å². The minimum atomic E-state index is 0. The van der Waals surface area contributed by atoms with Crippen LogP contribution in [0.1, 0.15) is 59.3 Å². The van der Waals surface area contributed by atoms with Gasteiger partial charge in [-0.05, 0) is 12.8 Å². The summed E-state index contributed by atoms with van der Waals surface area (Å²) in [6, 6.07) is 10.0. The largest absolute Gasteiger partial charge is 4.00 e. The Morgan fingerprint density at radius 2 is 1.45 bits per heavy atom. The van der Waals surface area contributed by atoms with Gasteiger partial charge >= 0.3 is 21.1 Å². The summed E-state index contributed by atoms with van der Waals surface area (Å²) in [5.74, 6) is 1.68. The Bertz CT molecular complexity index is 349. The van der Waals surface area contributed by atoms with Gasteiger partial charge in [-0.15, -0.1) is 19.8 Å². The molecule has 0 nitrogen and oxygen atoms in total. The molecule has 2 rings (SSSR count). The summed E-state index contributed by atoms with van der Waals surface area (Å²) in [5, 5.41) is 0. The van der Waals surface area contributed by atoms with Crippen molar-refractivity contribution in [3.8, 4) is 0 Å². The summed E-state index contributed by atoms with van der Waals surface area (Å²) in [6.45, 7) is 6.89. The van der Waals surface area contributed by atoms with Crippen LogP contribution in [0, 0.1) is 20.8 Å². The molecule has 1 aromatic carbocycles. The molecule has 0 amide bonds. The van der Waals surface area contributed by atoms with Crippen molar-refractivity contribution in [2.24, 2.45) is 0 Å². The van der Waals surface area contributed by atoms with Crippen LogP contribution in [0.15, 0.2) is 53.6 Å². The minimum Gasteiger partial charge on any atom is -0.358 e. The summed E-state index contributed by atoms with van der Waals surface area (Å²) in [6.07, 6.45) is 12.1. The number of hydrogen-bond donors (Lipinski definition) is 0. The Morgan fingerprint density at radius 1 is 0.955 bits per heavy atom. The molecule has 0 fully saturated rings. The van der Waals surface area contributed by atoms with Crippen molar-refractivity contribution in [2.75, 3.05) is 0 Å². The maximum Gasteiger partial charge on any atom is 4.00 e. The predicted octanol–water partition coefficient (Wildman–Crippen LogP) is 7.13. The van der Waals surface area contributed by atoms with Gasteiger partial charge in [0, 0.05) is 0 Å². The number of hydrogen-bond acceptors (Lipinski definition) is 0. The van der Waals surface area contributed by atoms with Crippen LogP contribution in [0.25, 0.3) is 0 Å². The third-order valence-electron chi connectivity index (χ3n) is 3.76.